The third-order valence-corrected chi connectivity index (χ3v) is 3.74. The minimum Gasteiger partial charge on any atom is -0.338 e. The summed E-state index contributed by atoms with van der Waals surface area (Å²) in [4.78, 5) is 14.1. The summed E-state index contributed by atoms with van der Waals surface area (Å²) in [5, 5.41) is 8.95. The van der Waals surface area contributed by atoms with E-state index in [2.05, 4.69) is 26.8 Å². The van der Waals surface area contributed by atoms with E-state index in [1.165, 1.54) is 6.42 Å². The number of rotatable bonds is 2. The molecular formula is C13H22N2O. The second kappa shape index (κ2) is 5.34. The zero-order valence-corrected chi connectivity index (χ0v) is 10.7. The zero-order valence-electron chi connectivity index (χ0n) is 10.7. The smallest absolute Gasteiger partial charge is 0.240 e. The number of nitriles is 1. The van der Waals surface area contributed by atoms with Gasteiger partial charge in [-0.05, 0) is 31.6 Å². The lowest BCUT2D eigenvalue weighted by Gasteiger charge is -2.41. The van der Waals surface area contributed by atoms with Gasteiger partial charge in [0.15, 0.2) is 0 Å². The highest BCUT2D eigenvalue weighted by Gasteiger charge is 2.34. The van der Waals surface area contributed by atoms with Gasteiger partial charge in [-0.15, -0.1) is 0 Å². The lowest BCUT2D eigenvalue weighted by atomic mass is 9.85. The lowest BCUT2D eigenvalue weighted by Crippen LogP contribution is -2.50. The molecule has 1 heterocycles. The molecule has 1 aliphatic heterocycles. The maximum Gasteiger partial charge on any atom is 0.240 e. The van der Waals surface area contributed by atoms with E-state index in [0.717, 1.165) is 6.54 Å². The zero-order chi connectivity index (χ0) is 12.3. The van der Waals surface area contributed by atoms with Gasteiger partial charge in [-0.2, -0.15) is 5.26 Å². The molecule has 4 unspecified atom stereocenters. The monoisotopic (exact) mass is 222 g/mol. The van der Waals surface area contributed by atoms with Crippen molar-refractivity contribution in [3.63, 3.8) is 0 Å². The molecule has 0 saturated carbocycles. The summed E-state index contributed by atoms with van der Waals surface area (Å²) in [7, 11) is 0. The molecule has 0 radical (unpaired) electrons. The Morgan fingerprint density at radius 3 is 2.62 bits per heavy atom. The van der Waals surface area contributed by atoms with E-state index in [4.69, 9.17) is 5.26 Å². The maximum atomic E-state index is 12.2. The third-order valence-electron chi connectivity index (χ3n) is 3.74. The Labute approximate surface area is 98.4 Å². The first-order valence-corrected chi connectivity index (χ1v) is 6.21. The van der Waals surface area contributed by atoms with E-state index in [1.54, 1.807) is 0 Å². The topological polar surface area (TPSA) is 44.1 Å². The van der Waals surface area contributed by atoms with Crippen LogP contribution in [0.15, 0.2) is 0 Å². The molecule has 0 N–H and O–H groups in total. The molecule has 3 nitrogen and oxygen atoms in total. The molecule has 0 aromatic heterocycles. The van der Waals surface area contributed by atoms with Gasteiger partial charge in [0, 0.05) is 12.6 Å². The number of carbonyl (C=O) groups is 1. The van der Waals surface area contributed by atoms with Crippen molar-refractivity contribution in [2.75, 3.05) is 6.54 Å². The molecule has 0 aliphatic carbocycles. The van der Waals surface area contributed by atoms with Crippen LogP contribution in [-0.2, 0) is 4.79 Å². The summed E-state index contributed by atoms with van der Waals surface area (Å²) < 4.78 is 0. The number of amides is 1. The molecule has 0 aromatic rings. The van der Waals surface area contributed by atoms with E-state index in [9.17, 15) is 4.79 Å². The number of hydrogen-bond acceptors (Lipinski definition) is 2. The van der Waals surface area contributed by atoms with Gasteiger partial charge < -0.3 is 4.90 Å². The van der Waals surface area contributed by atoms with Gasteiger partial charge in [-0.1, -0.05) is 20.8 Å². The average Bonchev–Trinajstić information content (AvgIpc) is 2.24. The van der Waals surface area contributed by atoms with Gasteiger partial charge in [0.05, 0.1) is 6.07 Å². The van der Waals surface area contributed by atoms with Gasteiger partial charge in [0.25, 0.3) is 0 Å². The number of hydrogen-bond donors (Lipinski definition) is 0. The number of likely N-dealkylation sites (tertiary alicyclic amines) is 1. The summed E-state index contributed by atoms with van der Waals surface area (Å²) in [6.45, 7) is 9.16. The van der Waals surface area contributed by atoms with Crippen molar-refractivity contribution in [1.82, 2.24) is 4.90 Å². The van der Waals surface area contributed by atoms with Crippen LogP contribution in [0.25, 0.3) is 0 Å². The predicted molar refractivity (Wildman–Crippen MR) is 63.5 cm³/mol. The van der Waals surface area contributed by atoms with Crippen LogP contribution < -0.4 is 0 Å². The Bertz CT molecular complexity index is 295. The minimum absolute atomic E-state index is 0.0240. The minimum atomic E-state index is -0.458. The number of carbonyl (C=O) groups excluding carboxylic acids is 1. The van der Waals surface area contributed by atoms with Crippen LogP contribution in [0, 0.1) is 29.1 Å². The van der Waals surface area contributed by atoms with Gasteiger partial charge in [-0.25, -0.2) is 0 Å². The predicted octanol–water partition coefficient (Wildman–Crippen LogP) is 2.43. The number of nitrogens with zero attached hydrogens (tertiary/aromatic N) is 2. The molecule has 1 saturated heterocycles. The fourth-order valence-corrected chi connectivity index (χ4v) is 2.53. The summed E-state index contributed by atoms with van der Waals surface area (Å²) in [5.41, 5.74) is 0. The fourth-order valence-electron chi connectivity index (χ4n) is 2.53. The van der Waals surface area contributed by atoms with Crippen molar-refractivity contribution in [2.24, 2.45) is 17.8 Å². The molecule has 4 atom stereocenters. The molecular weight excluding hydrogens is 200 g/mol. The normalized spacial score (nSPS) is 31.9. The molecule has 0 aromatic carbocycles. The van der Waals surface area contributed by atoms with Crippen molar-refractivity contribution in [1.29, 1.82) is 5.26 Å². The molecule has 3 heteroatoms. The molecule has 90 valence electrons. The first-order valence-electron chi connectivity index (χ1n) is 6.21. The summed E-state index contributed by atoms with van der Waals surface area (Å²) in [6.07, 6.45) is 1.79. The van der Waals surface area contributed by atoms with E-state index in [1.807, 2.05) is 11.8 Å². The lowest BCUT2D eigenvalue weighted by molar-refractivity contribution is -0.139. The summed E-state index contributed by atoms with van der Waals surface area (Å²) in [5.74, 6) is 0.645. The highest BCUT2D eigenvalue weighted by molar-refractivity contribution is 5.81. The SMILES string of the molecule is CCC(C#N)C(=O)N1CC(C)CC(C)C1C. The second-order valence-corrected chi connectivity index (χ2v) is 5.14. The van der Waals surface area contributed by atoms with Crippen molar-refractivity contribution in [3.05, 3.63) is 0 Å². The molecule has 1 aliphatic rings. The van der Waals surface area contributed by atoms with Crippen LogP contribution in [0.5, 0.6) is 0 Å². The molecule has 1 amide bonds. The van der Waals surface area contributed by atoms with E-state index in [0.29, 0.717) is 18.3 Å². The van der Waals surface area contributed by atoms with E-state index in [-0.39, 0.29) is 11.9 Å². The quantitative estimate of drug-likeness (QED) is 0.720. The standard InChI is InChI=1S/C13H22N2O/c1-5-12(7-14)13(16)15-8-9(2)6-10(3)11(15)4/h9-12H,5-6,8H2,1-4H3. The largest absolute Gasteiger partial charge is 0.338 e. The fraction of sp³-hybridized carbons (Fsp3) is 0.846. The molecule has 1 rings (SSSR count). The van der Waals surface area contributed by atoms with Crippen LogP contribution in [-0.4, -0.2) is 23.4 Å². The van der Waals surface area contributed by atoms with Crippen molar-refractivity contribution < 1.29 is 4.79 Å². The summed E-state index contributed by atoms with van der Waals surface area (Å²) in [6, 6.07) is 2.38. The van der Waals surface area contributed by atoms with E-state index < -0.39 is 5.92 Å². The Morgan fingerprint density at radius 1 is 1.50 bits per heavy atom. The van der Waals surface area contributed by atoms with Crippen molar-refractivity contribution in [2.45, 2.75) is 46.6 Å². The Kier molecular flexibility index (Phi) is 4.35. The third kappa shape index (κ3) is 2.55. The van der Waals surface area contributed by atoms with Crippen molar-refractivity contribution in [3.8, 4) is 6.07 Å². The molecule has 0 bridgehead atoms. The first kappa shape index (κ1) is 13.0. The number of piperidine rings is 1. The second-order valence-electron chi connectivity index (χ2n) is 5.14. The molecule has 1 fully saturated rings. The Balaban J connectivity index is 2.78. The van der Waals surface area contributed by atoms with Crippen LogP contribution in [0.2, 0.25) is 0 Å². The van der Waals surface area contributed by atoms with Crippen LogP contribution >= 0.6 is 0 Å². The Morgan fingerprint density at radius 2 is 2.12 bits per heavy atom. The van der Waals surface area contributed by atoms with Crippen LogP contribution in [0.1, 0.15) is 40.5 Å². The van der Waals surface area contributed by atoms with Gasteiger partial charge in [0.1, 0.15) is 5.92 Å². The van der Waals surface area contributed by atoms with Gasteiger partial charge in [-0.3, -0.25) is 4.79 Å². The summed E-state index contributed by atoms with van der Waals surface area (Å²) >= 11 is 0. The molecule has 0 spiro atoms. The van der Waals surface area contributed by atoms with Crippen LogP contribution in [0.3, 0.4) is 0 Å². The van der Waals surface area contributed by atoms with Crippen LogP contribution in [0.4, 0.5) is 0 Å². The van der Waals surface area contributed by atoms with Gasteiger partial charge in [0.2, 0.25) is 5.91 Å². The average molecular weight is 222 g/mol. The highest BCUT2D eigenvalue weighted by Crippen LogP contribution is 2.28. The van der Waals surface area contributed by atoms with E-state index >= 15 is 0 Å². The maximum absolute atomic E-state index is 12.2. The highest BCUT2D eigenvalue weighted by atomic mass is 16.2. The van der Waals surface area contributed by atoms with Crippen molar-refractivity contribution >= 4 is 5.91 Å². The first-order chi connectivity index (χ1) is 7.51. The Hall–Kier alpha value is -1.04. The van der Waals surface area contributed by atoms with Gasteiger partial charge >= 0.3 is 0 Å². The molecule has 16 heavy (non-hydrogen) atoms.